The van der Waals surface area contributed by atoms with E-state index in [0.29, 0.717) is 5.75 Å². The number of benzene rings is 1. The molecule has 4 heteroatoms. The summed E-state index contributed by atoms with van der Waals surface area (Å²) in [4.78, 5) is 13.7. The number of halogens is 1. The van der Waals surface area contributed by atoms with Crippen LogP contribution in [-0.2, 0) is 0 Å². The van der Waals surface area contributed by atoms with Gasteiger partial charge in [0.1, 0.15) is 5.75 Å². The largest absolute Gasteiger partial charge is 0.418 e. The van der Waals surface area contributed by atoms with Crippen molar-refractivity contribution in [2.45, 2.75) is 0 Å². The van der Waals surface area contributed by atoms with E-state index in [1.54, 1.807) is 12.1 Å². The lowest BCUT2D eigenvalue weighted by Gasteiger charge is -1.99. The van der Waals surface area contributed by atoms with Gasteiger partial charge in [0.15, 0.2) is 16.3 Å². The van der Waals surface area contributed by atoms with E-state index in [2.05, 4.69) is 21.2 Å². The lowest BCUT2D eigenvalue weighted by Crippen LogP contribution is -2.01. The maximum Gasteiger partial charge on any atom is 0.248 e. The second kappa shape index (κ2) is 3.22. The highest BCUT2D eigenvalue weighted by Gasteiger charge is 1.96. The Morgan fingerprint density at radius 3 is 2.77 bits per heavy atom. The molecule has 1 aromatic heterocycles. The van der Waals surface area contributed by atoms with Crippen molar-refractivity contribution in [2.75, 3.05) is 0 Å². The van der Waals surface area contributed by atoms with Gasteiger partial charge in [0, 0.05) is 12.1 Å². The summed E-state index contributed by atoms with van der Waals surface area (Å²) in [7, 11) is 0. The number of hydrogen-bond donors (Lipinski definition) is 1. The molecule has 0 bridgehead atoms. The number of pyridine rings is 1. The first-order valence-corrected chi connectivity index (χ1v) is 4.36. The minimum Gasteiger partial charge on any atom is -0.418 e. The van der Waals surface area contributed by atoms with Crippen LogP contribution in [0.15, 0.2) is 35.1 Å². The molecule has 0 aliphatic carbocycles. The molecule has 0 fully saturated rings. The molecule has 0 atom stereocenters. The van der Waals surface area contributed by atoms with Gasteiger partial charge in [0.25, 0.3) is 0 Å². The van der Waals surface area contributed by atoms with E-state index < -0.39 is 0 Å². The SMILES string of the molecule is O=c1ccc2ccc(OBr)cc2[nH]1. The monoisotopic (exact) mass is 239 g/mol. The third-order valence-electron chi connectivity index (χ3n) is 1.79. The lowest BCUT2D eigenvalue weighted by atomic mass is 10.2. The van der Waals surface area contributed by atoms with Gasteiger partial charge in [0.2, 0.25) is 5.56 Å². The van der Waals surface area contributed by atoms with Crippen molar-refractivity contribution in [3.8, 4) is 5.75 Å². The second-order valence-electron chi connectivity index (χ2n) is 2.65. The molecule has 2 aromatic rings. The molecule has 0 radical (unpaired) electrons. The number of aromatic amines is 1. The van der Waals surface area contributed by atoms with E-state index in [1.165, 1.54) is 6.07 Å². The van der Waals surface area contributed by atoms with Gasteiger partial charge in [0.05, 0.1) is 5.52 Å². The number of rotatable bonds is 1. The Morgan fingerprint density at radius 2 is 2.00 bits per heavy atom. The predicted molar refractivity (Wildman–Crippen MR) is 54.1 cm³/mol. The molecule has 0 spiro atoms. The van der Waals surface area contributed by atoms with E-state index in [4.69, 9.17) is 3.83 Å². The topological polar surface area (TPSA) is 42.1 Å². The Hall–Kier alpha value is -1.29. The summed E-state index contributed by atoms with van der Waals surface area (Å²) < 4.78 is 4.85. The van der Waals surface area contributed by atoms with Crippen LogP contribution < -0.4 is 9.39 Å². The van der Waals surface area contributed by atoms with Crippen molar-refractivity contribution in [2.24, 2.45) is 0 Å². The number of hydrogen-bond acceptors (Lipinski definition) is 2. The van der Waals surface area contributed by atoms with Crippen LogP contribution in [0.1, 0.15) is 0 Å². The van der Waals surface area contributed by atoms with Crippen LogP contribution in [0.2, 0.25) is 0 Å². The predicted octanol–water partition coefficient (Wildman–Crippen LogP) is 2.22. The molecular formula is C9H6BrNO2. The van der Waals surface area contributed by atoms with Crippen molar-refractivity contribution < 1.29 is 3.83 Å². The molecule has 0 saturated carbocycles. The average Bonchev–Trinajstić information content (AvgIpc) is 2.16. The summed E-state index contributed by atoms with van der Waals surface area (Å²) in [5.41, 5.74) is 0.656. The van der Waals surface area contributed by atoms with Crippen molar-refractivity contribution >= 4 is 27.2 Å². The van der Waals surface area contributed by atoms with Gasteiger partial charge < -0.3 is 8.81 Å². The van der Waals surface area contributed by atoms with Crippen LogP contribution in [0.3, 0.4) is 0 Å². The van der Waals surface area contributed by atoms with E-state index in [-0.39, 0.29) is 5.56 Å². The summed E-state index contributed by atoms with van der Waals surface area (Å²) in [6.45, 7) is 0. The fourth-order valence-electron chi connectivity index (χ4n) is 1.18. The first-order valence-electron chi connectivity index (χ1n) is 3.71. The Kier molecular flexibility index (Phi) is 2.06. The third-order valence-corrected chi connectivity index (χ3v) is 2.16. The van der Waals surface area contributed by atoms with Gasteiger partial charge in [-0.05, 0) is 23.6 Å². The molecule has 0 saturated heterocycles. The highest BCUT2D eigenvalue weighted by atomic mass is 79.9. The minimum atomic E-state index is -0.112. The Morgan fingerprint density at radius 1 is 1.23 bits per heavy atom. The fraction of sp³-hybridized carbons (Fsp3) is 0. The molecule has 1 N–H and O–H groups in total. The highest BCUT2D eigenvalue weighted by Crippen LogP contribution is 2.18. The number of H-pyrrole nitrogens is 1. The van der Waals surface area contributed by atoms with Crippen LogP contribution in [0.5, 0.6) is 5.75 Å². The normalized spacial score (nSPS) is 10.2. The molecule has 3 nitrogen and oxygen atoms in total. The molecule has 66 valence electrons. The quantitative estimate of drug-likeness (QED) is 0.830. The zero-order valence-electron chi connectivity index (χ0n) is 6.58. The van der Waals surface area contributed by atoms with Gasteiger partial charge in [-0.3, -0.25) is 4.79 Å². The Bertz CT molecular complexity index is 492. The van der Waals surface area contributed by atoms with Gasteiger partial charge in [-0.25, -0.2) is 0 Å². The average molecular weight is 240 g/mol. The van der Waals surface area contributed by atoms with Crippen LogP contribution in [0, 0.1) is 0 Å². The van der Waals surface area contributed by atoms with Crippen LogP contribution in [-0.4, -0.2) is 4.98 Å². The van der Waals surface area contributed by atoms with Crippen molar-refractivity contribution in [3.63, 3.8) is 0 Å². The molecule has 0 aliphatic rings. The van der Waals surface area contributed by atoms with Crippen molar-refractivity contribution in [1.29, 1.82) is 0 Å². The molecule has 0 amide bonds. The first-order chi connectivity index (χ1) is 6.29. The Labute approximate surface area is 82.8 Å². The van der Waals surface area contributed by atoms with Crippen LogP contribution in [0.4, 0.5) is 0 Å². The van der Waals surface area contributed by atoms with Crippen LogP contribution >= 0.6 is 16.3 Å². The van der Waals surface area contributed by atoms with Crippen molar-refractivity contribution in [1.82, 2.24) is 4.98 Å². The zero-order chi connectivity index (χ0) is 9.26. The van der Waals surface area contributed by atoms with Gasteiger partial charge in [-0.15, -0.1) is 0 Å². The lowest BCUT2D eigenvalue weighted by molar-refractivity contribution is 0.679. The number of fused-ring (bicyclic) bond motifs is 1. The summed E-state index contributed by atoms with van der Waals surface area (Å²) in [6.07, 6.45) is 0. The van der Waals surface area contributed by atoms with Gasteiger partial charge >= 0.3 is 0 Å². The molecule has 2 rings (SSSR count). The van der Waals surface area contributed by atoms with Gasteiger partial charge in [-0.1, -0.05) is 0 Å². The zero-order valence-corrected chi connectivity index (χ0v) is 8.17. The minimum absolute atomic E-state index is 0.112. The Balaban J connectivity index is 2.75. The van der Waals surface area contributed by atoms with Gasteiger partial charge in [-0.2, -0.15) is 0 Å². The fourth-order valence-corrected chi connectivity index (χ4v) is 1.38. The maximum atomic E-state index is 11.0. The molecule has 0 aliphatic heterocycles. The molecule has 0 unspecified atom stereocenters. The van der Waals surface area contributed by atoms with E-state index in [1.807, 2.05) is 12.1 Å². The second-order valence-corrected chi connectivity index (χ2v) is 2.97. The summed E-state index contributed by atoms with van der Waals surface area (Å²) in [5, 5.41) is 0.980. The van der Waals surface area contributed by atoms with E-state index in [0.717, 1.165) is 10.9 Å². The summed E-state index contributed by atoms with van der Waals surface area (Å²) >= 11 is 2.87. The smallest absolute Gasteiger partial charge is 0.248 e. The third kappa shape index (κ3) is 1.58. The maximum absolute atomic E-state index is 11.0. The molecule has 1 aromatic carbocycles. The van der Waals surface area contributed by atoms with Crippen LogP contribution in [0.25, 0.3) is 10.9 Å². The van der Waals surface area contributed by atoms with E-state index >= 15 is 0 Å². The summed E-state index contributed by atoms with van der Waals surface area (Å²) in [5.74, 6) is 0.661. The van der Waals surface area contributed by atoms with Crippen molar-refractivity contribution in [3.05, 3.63) is 40.7 Å². The standard InChI is InChI=1S/C9H6BrNO2/c10-13-7-3-1-6-2-4-9(12)11-8(6)5-7/h1-5H,(H,11,12). The highest BCUT2D eigenvalue weighted by molar-refractivity contribution is 9.06. The number of nitrogens with one attached hydrogen (secondary N) is 1. The molecule has 1 heterocycles. The molecule has 13 heavy (non-hydrogen) atoms. The van der Waals surface area contributed by atoms with E-state index in [9.17, 15) is 4.79 Å². The molecular weight excluding hydrogens is 234 g/mol. The number of aromatic nitrogens is 1. The summed E-state index contributed by atoms with van der Waals surface area (Å²) in [6, 6.07) is 8.71. The first kappa shape index (κ1) is 8.31.